The first kappa shape index (κ1) is 11.4. The van der Waals surface area contributed by atoms with E-state index in [1.807, 2.05) is 7.05 Å². The Balaban J connectivity index is 1.67. The monoisotopic (exact) mass is 211 g/mol. The van der Waals surface area contributed by atoms with Gasteiger partial charge in [-0.05, 0) is 39.8 Å². The molecule has 1 aliphatic carbocycles. The van der Waals surface area contributed by atoms with Crippen LogP contribution in [0.25, 0.3) is 0 Å². The van der Waals surface area contributed by atoms with Crippen molar-refractivity contribution in [3.8, 4) is 0 Å². The minimum Gasteiger partial charge on any atom is -0.320 e. The molecular formula is C12H25N3. The molecule has 15 heavy (non-hydrogen) atoms. The molecule has 1 saturated heterocycles. The van der Waals surface area contributed by atoms with Crippen molar-refractivity contribution < 1.29 is 0 Å². The number of rotatable bonds is 5. The Kier molecular flexibility index (Phi) is 4.00. The minimum absolute atomic E-state index is 0.749. The molecule has 1 heterocycles. The molecule has 3 heteroatoms. The third-order valence-corrected chi connectivity index (χ3v) is 3.85. The maximum absolute atomic E-state index is 3.24. The zero-order chi connectivity index (χ0) is 10.7. The highest BCUT2D eigenvalue weighted by Crippen LogP contribution is 2.27. The molecule has 1 unspecified atom stereocenters. The molecule has 0 aromatic carbocycles. The Hall–Kier alpha value is -0.120. The number of nitrogens with zero attached hydrogens (tertiary/aromatic N) is 2. The van der Waals surface area contributed by atoms with E-state index in [0.29, 0.717) is 0 Å². The fourth-order valence-corrected chi connectivity index (χ4v) is 2.52. The van der Waals surface area contributed by atoms with Gasteiger partial charge in [0.1, 0.15) is 0 Å². The summed E-state index contributed by atoms with van der Waals surface area (Å²) in [5.74, 6) is 0. The van der Waals surface area contributed by atoms with Crippen molar-refractivity contribution in [2.45, 2.75) is 38.3 Å². The van der Waals surface area contributed by atoms with Gasteiger partial charge >= 0.3 is 0 Å². The zero-order valence-electron chi connectivity index (χ0n) is 10.2. The van der Waals surface area contributed by atoms with Gasteiger partial charge in [-0.2, -0.15) is 0 Å². The summed E-state index contributed by atoms with van der Waals surface area (Å²) in [5, 5.41) is 3.24. The summed E-state index contributed by atoms with van der Waals surface area (Å²) < 4.78 is 0. The Morgan fingerprint density at radius 3 is 2.40 bits per heavy atom. The average Bonchev–Trinajstić information content (AvgIpc) is 3.10. The summed E-state index contributed by atoms with van der Waals surface area (Å²) >= 11 is 0. The average molecular weight is 211 g/mol. The quantitative estimate of drug-likeness (QED) is 0.724. The lowest BCUT2D eigenvalue weighted by Gasteiger charge is -2.38. The van der Waals surface area contributed by atoms with Crippen LogP contribution in [0.3, 0.4) is 0 Å². The van der Waals surface area contributed by atoms with E-state index in [9.17, 15) is 0 Å². The molecule has 2 fully saturated rings. The summed E-state index contributed by atoms with van der Waals surface area (Å²) in [6.45, 7) is 8.67. The molecule has 1 atom stereocenters. The van der Waals surface area contributed by atoms with Crippen molar-refractivity contribution in [3.05, 3.63) is 0 Å². The van der Waals surface area contributed by atoms with Gasteiger partial charge in [0.05, 0.1) is 0 Å². The summed E-state index contributed by atoms with van der Waals surface area (Å²) in [7, 11) is 2.04. The van der Waals surface area contributed by atoms with Crippen molar-refractivity contribution in [1.82, 2.24) is 15.1 Å². The maximum atomic E-state index is 3.24. The molecule has 1 aliphatic heterocycles. The van der Waals surface area contributed by atoms with E-state index < -0.39 is 0 Å². The van der Waals surface area contributed by atoms with Crippen LogP contribution in [-0.4, -0.2) is 61.7 Å². The fraction of sp³-hybridized carbons (Fsp3) is 1.00. The van der Waals surface area contributed by atoms with Crippen molar-refractivity contribution in [1.29, 1.82) is 0 Å². The lowest BCUT2D eigenvalue weighted by atomic mass is 10.1. The van der Waals surface area contributed by atoms with Crippen molar-refractivity contribution >= 4 is 0 Å². The molecule has 0 bridgehead atoms. The van der Waals surface area contributed by atoms with Gasteiger partial charge in [-0.3, -0.25) is 9.80 Å². The van der Waals surface area contributed by atoms with E-state index >= 15 is 0 Å². The molecule has 88 valence electrons. The van der Waals surface area contributed by atoms with Crippen LogP contribution in [-0.2, 0) is 0 Å². The third-order valence-electron chi connectivity index (χ3n) is 3.85. The largest absolute Gasteiger partial charge is 0.320 e. The Morgan fingerprint density at radius 2 is 1.87 bits per heavy atom. The van der Waals surface area contributed by atoms with Gasteiger partial charge in [-0.15, -0.1) is 0 Å². The van der Waals surface area contributed by atoms with Crippen LogP contribution in [0, 0.1) is 0 Å². The summed E-state index contributed by atoms with van der Waals surface area (Å²) in [6.07, 6.45) is 4.19. The molecule has 0 amide bonds. The first-order valence-electron chi connectivity index (χ1n) is 6.44. The van der Waals surface area contributed by atoms with Crippen LogP contribution in [0.1, 0.15) is 26.2 Å². The van der Waals surface area contributed by atoms with Crippen LogP contribution in [0.4, 0.5) is 0 Å². The van der Waals surface area contributed by atoms with Gasteiger partial charge in [0.2, 0.25) is 0 Å². The first-order valence-corrected chi connectivity index (χ1v) is 6.44. The van der Waals surface area contributed by atoms with Gasteiger partial charge in [-0.1, -0.05) is 0 Å². The lowest BCUT2D eigenvalue weighted by molar-refractivity contribution is 0.0944. The minimum atomic E-state index is 0.749. The molecule has 0 radical (unpaired) electrons. The smallest absolute Gasteiger partial charge is 0.0113 e. The van der Waals surface area contributed by atoms with Gasteiger partial charge in [0.15, 0.2) is 0 Å². The van der Waals surface area contributed by atoms with E-state index in [4.69, 9.17) is 0 Å². The molecule has 0 aromatic heterocycles. The highest BCUT2D eigenvalue weighted by atomic mass is 15.3. The van der Waals surface area contributed by atoms with Crippen LogP contribution in [0.2, 0.25) is 0 Å². The van der Waals surface area contributed by atoms with E-state index in [1.54, 1.807) is 0 Å². The van der Waals surface area contributed by atoms with Gasteiger partial charge in [-0.25, -0.2) is 0 Å². The molecule has 1 saturated carbocycles. The van der Waals surface area contributed by atoms with Gasteiger partial charge in [0, 0.05) is 38.3 Å². The molecule has 2 aliphatic rings. The van der Waals surface area contributed by atoms with Gasteiger partial charge in [0.25, 0.3) is 0 Å². The molecule has 0 aromatic rings. The molecule has 0 spiro atoms. The highest BCUT2D eigenvalue weighted by molar-refractivity contribution is 4.88. The Labute approximate surface area is 93.8 Å². The predicted octanol–water partition coefficient (Wildman–Crippen LogP) is 0.764. The standard InChI is InChI=1S/C12H25N3/c1-11(5-6-13-2)14-7-9-15(10-8-14)12-3-4-12/h11-13H,3-10H2,1-2H3. The Bertz CT molecular complexity index is 183. The van der Waals surface area contributed by atoms with Crippen LogP contribution >= 0.6 is 0 Å². The molecule has 2 rings (SSSR count). The molecule has 1 N–H and O–H groups in total. The SMILES string of the molecule is CNCCC(C)N1CCN(C2CC2)CC1. The summed E-state index contributed by atoms with van der Waals surface area (Å²) in [5.41, 5.74) is 0. The second-order valence-electron chi connectivity index (χ2n) is 5.04. The topological polar surface area (TPSA) is 18.5 Å². The van der Waals surface area contributed by atoms with Crippen molar-refractivity contribution in [2.24, 2.45) is 0 Å². The first-order chi connectivity index (χ1) is 7.31. The molecular weight excluding hydrogens is 186 g/mol. The van der Waals surface area contributed by atoms with Crippen LogP contribution in [0.15, 0.2) is 0 Å². The van der Waals surface area contributed by atoms with E-state index in [1.165, 1.54) is 45.4 Å². The predicted molar refractivity (Wildman–Crippen MR) is 64.2 cm³/mol. The fourth-order valence-electron chi connectivity index (χ4n) is 2.52. The van der Waals surface area contributed by atoms with Crippen molar-refractivity contribution in [3.63, 3.8) is 0 Å². The second kappa shape index (κ2) is 5.28. The summed E-state index contributed by atoms with van der Waals surface area (Å²) in [6, 6.07) is 1.71. The van der Waals surface area contributed by atoms with E-state index in [-0.39, 0.29) is 0 Å². The highest BCUT2D eigenvalue weighted by Gasteiger charge is 2.31. The van der Waals surface area contributed by atoms with E-state index in [2.05, 4.69) is 22.0 Å². The van der Waals surface area contributed by atoms with Crippen LogP contribution in [0.5, 0.6) is 0 Å². The third kappa shape index (κ3) is 3.16. The van der Waals surface area contributed by atoms with Gasteiger partial charge < -0.3 is 5.32 Å². The number of hydrogen-bond acceptors (Lipinski definition) is 3. The second-order valence-corrected chi connectivity index (χ2v) is 5.04. The van der Waals surface area contributed by atoms with Crippen LogP contribution < -0.4 is 5.32 Å². The number of piperazine rings is 1. The van der Waals surface area contributed by atoms with E-state index in [0.717, 1.165) is 18.6 Å². The lowest BCUT2D eigenvalue weighted by Crippen LogP contribution is -2.50. The molecule has 3 nitrogen and oxygen atoms in total. The maximum Gasteiger partial charge on any atom is 0.0113 e. The van der Waals surface area contributed by atoms with Crippen molar-refractivity contribution in [2.75, 3.05) is 39.8 Å². The summed E-state index contributed by atoms with van der Waals surface area (Å²) in [4.78, 5) is 5.33. The number of hydrogen-bond donors (Lipinski definition) is 1. The Morgan fingerprint density at radius 1 is 1.20 bits per heavy atom. The zero-order valence-corrected chi connectivity index (χ0v) is 10.2. The normalized spacial score (nSPS) is 26.8. The number of nitrogens with one attached hydrogen (secondary N) is 1.